The van der Waals surface area contributed by atoms with Gasteiger partial charge in [-0.15, -0.1) is 0 Å². The van der Waals surface area contributed by atoms with Crippen LogP contribution < -0.4 is 15.4 Å². The number of hydrogen-bond donors (Lipinski definition) is 2. The van der Waals surface area contributed by atoms with Crippen LogP contribution in [0.3, 0.4) is 0 Å². The van der Waals surface area contributed by atoms with Crippen molar-refractivity contribution in [3.63, 3.8) is 0 Å². The molecule has 0 heterocycles. The molecule has 27 heavy (non-hydrogen) atoms. The van der Waals surface area contributed by atoms with Crippen LogP contribution in [0.15, 0.2) is 24.3 Å². The van der Waals surface area contributed by atoms with Crippen LogP contribution >= 0.6 is 0 Å². The predicted molar refractivity (Wildman–Crippen MR) is 97.7 cm³/mol. The number of non-ortho nitro benzene ring substituents is 1. The lowest BCUT2D eigenvalue weighted by molar-refractivity contribution is -0.384. The molecular weight excluding hydrogens is 354 g/mol. The standard InChI is InChI=1S/C18H25N3O6/c1-18(2,3)27-17(23)20-13-6-4-12(5-7-13)19-16(22)26-15-10-8-14(9-11-15)21(24)25/h8-13H,4-7H2,1-3H3,(H,19,22)(H,20,23). The molecule has 9 heteroatoms. The van der Waals surface area contributed by atoms with E-state index in [1.165, 1.54) is 24.3 Å². The van der Waals surface area contributed by atoms with Crippen LogP contribution in [-0.4, -0.2) is 34.8 Å². The third-order valence-corrected chi connectivity index (χ3v) is 4.03. The summed E-state index contributed by atoms with van der Waals surface area (Å²) in [5, 5.41) is 16.2. The van der Waals surface area contributed by atoms with E-state index in [1.54, 1.807) is 0 Å². The molecule has 9 nitrogen and oxygen atoms in total. The maximum Gasteiger partial charge on any atom is 0.412 e. The van der Waals surface area contributed by atoms with Gasteiger partial charge < -0.3 is 20.1 Å². The van der Waals surface area contributed by atoms with E-state index >= 15 is 0 Å². The van der Waals surface area contributed by atoms with Crippen molar-refractivity contribution in [1.82, 2.24) is 10.6 Å². The molecule has 0 spiro atoms. The molecule has 0 bridgehead atoms. The number of nitrogens with zero attached hydrogens (tertiary/aromatic N) is 1. The van der Waals surface area contributed by atoms with E-state index in [0.29, 0.717) is 12.8 Å². The van der Waals surface area contributed by atoms with Gasteiger partial charge in [-0.05, 0) is 58.6 Å². The third kappa shape index (κ3) is 7.12. The molecule has 1 aromatic carbocycles. The summed E-state index contributed by atoms with van der Waals surface area (Å²) in [6.07, 6.45) is 1.82. The van der Waals surface area contributed by atoms with E-state index in [1.807, 2.05) is 20.8 Å². The molecule has 0 saturated heterocycles. The van der Waals surface area contributed by atoms with E-state index in [0.717, 1.165) is 12.8 Å². The molecule has 0 unspecified atom stereocenters. The number of benzene rings is 1. The van der Waals surface area contributed by atoms with Gasteiger partial charge in [0.05, 0.1) is 4.92 Å². The first-order valence-corrected chi connectivity index (χ1v) is 8.85. The molecule has 1 aliphatic rings. The number of ether oxygens (including phenoxy) is 2. The Bertz CT molecular complexity index is 675. The topological polar surface area (TPSA) is 120 Å². The van der Waals surface area contributed by atoms with Crippen LogP contribution in [-0.2, 0) is 4.74 Å². The fraction of sp³-hybridized carbons (Fsp3) is 0.556. The summed E-state index contributed by atoms with van der Waals surface area (Å²) in [6.45, 7) is 5.43. The van der Waals surface area contributed by atoms with Gasteiger partial charge in [-0.1, -0.05) is 0 Å². The maximum atomic E-state index is 12.0. The lowest BCUT2D eigenvalue weighted by Gasteiger charge is -2.30. The van der Waals surface area contributed by atoms with Crippen molar-refractivity contribution in [3.05, 3.63) is 34.4 Å². The summed E-state index contributed by atoms with van der Waals surface area (Å²) in [5.74, 6) is 0.235. The van der Waals surface area contributed by atoms with E-state index in [4.69, 9.17) is 9.47 Å². The second-order valence-corrected chi connectivity index (χ2v) is 7.48. The zero-order valence-electron chi connectivity index (χ0n) is 15.7. The van der Waals surface area contributed by atoms with Crippen LogP contribution in [0.5, 0.6) is 5.75 Å². The Balaban J connectivity index is 1.72. The largest absolute Gasteiger partial charge is 0.444 e. The third-order valence-electron chi connectivity index (χ3n) is 4.03. The first kappa shape index (κ1) is 20.5. The fourth-order valence-corrected chi connectivity index (χ4v) is 2.80. The van der Waals surface area contributed by atoms with Crippen molar-refractivity contribution < 1.29 is 24.0 Å². The van der Waals surface area contributed by atoms with E-state index < -0.39 is 22.7 Å². The quantitative estimate of drug-likeness (QED) is 0.610. The molecule has 0 aromatic heterocycles. The minimum atomic E-state index is -0.604. The van der Waals surface area contributed by atoms with Gasteiger partial charge >= 0.3 is 12.2 Å². The number of rotatable bonds is 4. The van der Waals surface area contributed by atoms with Gasteiger partial charge in [0.15, 0.2) is 0 Å². The van der Waals surface area contributed by atoms with Crippen LogP contribution in [0.4, 0.5) is 15.3 Å². The second kappa shape index (κ2) is 8.70. The number of nitrogens with one attached hydrogen (secondary N) is 2. The average molecular weight is 379 g/mol. The summed E-state index contributed by atoms with van der Waals surface area (Å²) < 4.78 is 10.4. The van der Waals surface area contributed by atoms with Gasteiger partial charge in [0.1, 0.15) is 11.4 Å². The van der Waals surface area contributed by atoms with E-state index in [9.17, 15) is 19.7 Å². The molecule has 1 saturated carbocycles. The first-order valence-electron chi connectivity index (χ1n) is 8.85. The van der Waals surface area contributed by atoms with Gasteiger partial charge in [0.25, 0.3) is 5.69 Å². The minimum absolute atomic E-state index is 0.0172. The van der Waals surface area contributed by atoms with Crippen molar-refractivity contribution in [3.8, 4) is 5.75 Å². The minimum Gasteiger partial charge on any atom is -0.444 e. The van der Waals surface area contributed by atoms with Crippen LogP contribution in [0.25, 0.3) is 0 Å². The van der Waals surface area contributed by atoms with Gasteiger partial charge in [-0.3, -0.25) is 10.1 Å². The normalized spacial score (nSPS) is 19.7. The maximum absolute atomic E-state index is 12.0. The van der Waals surface area contributed by atoms with Gasteiger partial charge in [-0.2, -0.15) is 0 Å². The van der Waals surface area contributed by atoms with Crippen LogP contribution in [0.1, 0.15) is 46.5 Å². The Morgan fingerprint density at radius 3 is 1.93 bits per heavy atom. The Morgan fingerprint density at radius 1 is 1.00 bits per heavy atom. The zero-order valence-corrected chi connectivity index (χ0v) is 15.7. The predicted octanol–water partition coefficient (Wildman–Crippen LogP) is 3.52. The molecule has 0 radical (unpaired) electrons. The Hall–Kier alpha value is -2.84. The SMILES string of the molecule is CC(C)(C)OC(=O)NC1CCC(NC(=O)Oc2ccc([N+](=O)[O-])cc2)CC1. The van der Waals surface area contributed by atoms with Crippen LogP contribution in [0.2, 0.25) is 0 Å². The van der Waals surface area contributed by atoms with Crippen molar-refractivity contribution in [2.45, 2.75) is 64.1 Å². The monoisotopic (exact) mass is 379 g/mol. The molecular formula is C18H25N3O6. The highest BCUT2D eigenvalue weighted by Crippen LogP contribution is 2.21. The zero-order chi connectivity index (χ0) is 20.0. The number of nitro benzene ring substituents is 1. The Kier molecular flexibility index (Phi) is 6.59. The van der Waals surface area contributed by atoms with Crippen molar-refractivity contribution in [2.24, 2.45) is 0 Å². The smallest absolute Gasteiger partial charge is 0.412 e. The highest BCUT2D eigenvalue weighted by Gasteiger charge is 2.26. The molecule has 1 aromatic rings. The van der Waals surface area contributed by atoms with Crippen LogP contribution in [0, 0.1) is 10.1 Å². The molecule has 0 aliphatic heterocycles. The van der Waals surface area contributed by atoms with Gasteiger partial charge in [0.2, 0.25) is 0 Å². The van der Waals surface area contributed by atoms with Crippen molar-refractivity contribution >= 4 is 17.9 Å². The molecule has 0 atom stereocenters. The Morgan fingerprint density at radius 2 is 1.48 bits per heavy atom. The molecule has 2 N–H and O–H groups in total. The first-order chi connectivity index (χ1) is 12.6. The second-order valence-electron chi connectivity index (χ2n) is 7.48. The highest BCUT2D eigenvalue weighted by molar-refractivity contribution is 5.71. The number of alkyl carbamates (subject to hydrolysis) is 1. The number of hydrogen-bond acceptors (Lipinski definition) is 6. The molecule has 1 fully saturated rings. The summed E-state index contributed by atoms with van der Waals surface area (Å²) >= 11 is 0. The van der Waals surface area contributed by atoms with Gasteiger partial charge in [-0.25, -0.2) is 9.59 Å². The molecule has 2 rings (SSSR count). The molecule has 148 valence electrons. The van der Waals surface area contributed by atoms with E-state index in [2.05, 4.69) is 10.6 Å². The highest BCUT2D eigenvalue weighted by atomic mass is 16.6. The summed E-state index contributed by atoms with van der Waals surface area (Å²) in [7, 11) is 0. The summed E-state index contributed by atoms with van der Waals surface area (Å²) in [4.78, 5) is 33.8. The van der Waals surface area contributed by atoms with Crippen molar-refractivity contribution in [2.75, 3.05) is 0 Å². The van der Waals surface area contributed by atoms with Crippen molar-refractivity contribution in [1.29, 1.82) is 0 Å². The molecule has 1 aliphatic carbocycles. The lowest BCUT2D eigenvalue weighted by atomic mass is 9.91. The number of amides is 2. The number of carbonyl (C=O) groups excluding carboxylic acids is 2. The average Bonchev–Trinajstić information content (AvgIpc) is 2.55. The number of nitro groups is 1. The van der Waals surface area contributed by atoms with E-state index in [-0.39, 0.29) is 23.5 Å². The molecule has 2 amide bonds. The lowest BCUT2D eigenvalue weighted by Crippen LogP contribution is -2.45. The summed E-state index contributed by atoms with van der Waals surface area (Å²) in [5.41, 5.74) is -0.608. The summed E-state index contributed by atoms with van der Waals surface area (Å²) in [6, 6.07) is 5.27. The van der Waals surface area contributed by atoms with Gasteiger partial charge in [0, 0.05) is 24.2 Å². The number of carbonyl (C=O) groups is 2. The Labute approximate surface area is 157 Å². The fourth-order valence-electron chi connectivity index (χ4n) is 2.80.